The molecule has 1 aromatic heterocycles. The van der Waals surface area contributed by atoms with E-state index in [1.807, 2.05) is 36.4 Å². The van der Waals surface area contributed by atoms with E-state index >= 15 is 0 Å². The monoisotopic (exact) mass is 209 g/mol. The summed E-state index contributed by atoms with van der Waals surface area (Å²) in [6.07, 6.45) is 1.71. The van der Waals surface area contributed by atoms with Gasteiger partial charge in [-0.05, 0) is 23.8 Å². The fourth-order valence-electron chi connectivity index (χ4n) is 1.86. The van der Waals surface area contributed by atoms with Crippen molar-refractivity contribution in [3.8, 4) is 11.1 Å². The van der Waals surface area contributed by atoms with Crippen LogP contribution in [0.1, 0.15) is 0 Å². The van der Waals surface area contributed by atoms with Crippen LogP contribution >= 0.6 is 0 Å². The van der Waals surface area contributed by atoms with E-state index in [9.17, 15) is 0 Å². The van der Waals surface area contributed by atoms with E-state index in [0.717, 1.165) is 27.8 Å². The van der Waals surface area contributed by atoms with Crippen molar-refractivity contribution in [3.63, 3.8) is 0 Å². The highest BCUT2D eigenvalue weighted by Gasteiger charge is 2.04. The lowest BCUT2D eigenvalue weighted by molar-refractivity contribution is 1.34. The SMILES string of the molecule is Nc1ccc(-c2cccc3[nH]cnc23)cc1. The summed E-state index contributed by atoms with van der Waals surface area (Å²) >= 11 is 0. The molecule has 0 bridgehead atoms. The van der Waals surface area contributed by atoms with Crippen molar-refractivity contribution in [2.75, 3.05) is 5.73 Å². The number of benzene rings is 2. The van der Waals surface area contributed by atoms with Crippen LogP contribution in [-0.2, 0) is 0 Å². The molecule has 3 aromatic rings. The topological polar surface area (TPSA) is 54.7 Å². The molecule has 1 heterocycles. The maximum absolute atomic E-state index is 5.68. The molecule has 0 aliphatic heterocycles. The highest BCUT2D eigenvalue weighted by Crippen LogP contribution is 2.26. The van der Waals surface area contributed by atoms with Crippen LogP contribution < -0.4 is 5.73 Å². The van der Waals surface area contributed by atoms with Crippen molar-refractivity contribution in [1.29, 1.82) is 0 Å². The molecule has 3 nitrogen and oxygen atoms in total. The Hall–Kier alpha value is -2.29. The van der Waals surface area contributed by atoms with Gasteiger partial charge in [0.2, 0.25) is 0 Å². The van der Waals surface area contributed by atoms with Gasteiger partial charge in [0.15, 0.2) is 0 Å². The van der Waals surface area contributed by atoms with Gasteiger partial charge in [-0.15, -0.1) is 0 Å². The first-order chi connectivity index (χ1) is 7.84. The molecule has 0 fully saturated rings. The zero-order valence-corrected chi connectivity index (χ0v) is 8.64. The summed E-state index contributed by atoms with van der Waals surface area (Å²) in [4.78, 5) is 7.44. The lowest BCUT2D eigenvalue weighted by Crippen LogP contribution is -1.84. The number of nitrogen functional groups attached to an aromatic ring is 1. The van der Waals surface area contributed by atoms with Crippen molar-refractivity contribution in [3.05, 3.63) is 48.8 Å². The molecule has 0 saturated heterocycles. The van der Waals surface area contributed by atoms with E-state index in [2.05, 4.69) is 16.0 Å². The number of imidazole rings is 1. The predicted octanol–water partition coefficient (Wildman–Crippen LogP) is 2.81. The third-order valence-corrected chi connectivity index (χ3v) is 2.67. The number of nitrogens with one attached hydrogen (secondary N) is 1. The first-order valence-electron chi connectivity index (χ1n) is 5.12. The molecular formula is C13H11N3. The molecule has 0 unspecified atom stereocenters. The van der Waals surface area contributed by atoms with Gasteiger partial charge < -0.3 is 10.7 Å². The van der Waals surface area contributed by atoms with Gasteiger partial charge >= 0.3 is 0 Å². The molecule has 3 heteroatoms. The van der Waals surface area contributed by atoms with Gasteiger partial charge in [0.05, 0.1) is 17.4 Å². The minimum absolute atomic E-state index is 0.776. The molecule has 3 N–H and O–H groups in total. The van der Waals surface area contributed by atoms with Crippen LogP contribution in [0.2, 0.25) is 0 Å². The Kier molecular flexibility index (Phi) is 1.90. The number of fused-ring (bicyclic) bond motifs is 1. The number of aromatic amines is 1. The lowest BCUT2D eigenvalue weighted by atomic mass is 10.0. The molecule has 0 saturated carbocycles. The molecule has 0 spiro atoms. The molecule has 78 valence electrons. The van der Waals surface area contributed by atoms with E-state index in [1.54, 1.807) is 6.33 Å². The van der Waals surface area contributed by atoms with Crippen LogP contribution in [0.5, 0.6) is 0 Å². The van der Waals surface area contributed by atoms with Gasteiger partial charge in [-0.1, -0.05) is 24.3 Å². The summed E-state index contributed by atoms with van der Waals surface area (Å²) in [5.41, 5.74) is 10.7. The summed E-state index contributed by atoms with van der Waals surface area (Å²) < 4.78 is 0. The van der Waals surface area contributed by atoms with Gasteiger partial charge in [0, 0.05) is 11.3 Å². The second kappa shape index (κ2) is 3.38. The Balaban J connectivity index is 2.25. The number of hydrogen-bond donors (Lipinski definition) is 2. The number of nitrogens with zero attached hydrogens (tertiary/aromatic N) is 1. The van der Waals surface area contributed by atoms with Gasteiger partial charge in [-0.25, -0.2) is 4.98 Å². The molecule has 3 rings (SSSR count). The maximum Gasteiger partial charge on any atom is 0.0960 e. The Morgan fingerprint density at radius 3 is 2.62 bits per heavy atom. The summed E-state index contributed by atoms with van der Waals surface area (Å²) in [6, 6.07) is 13.9. The maximum atomic E-state index is 5.68. The summed E-state index contributed by atoms with van der Waals surface area (Å²) in [5.74, 6) is 0. The van der Waals surface area contributed by atoms with Crippen LogP contribution in [0.25, 0.3) is 22.2 Å². The van der Waals surface area contributed by atoms with E-state index in [1.165, 1.54) is 0 Å². The summed E-state index contributed by atoms with van der Waals surface area (Å²) in [7, 11) is 0. The van der Waals surface area contributed by atoms with Crippen LogP contribution in [-0.4, -0.2) is 9.97 Å². The highest BCUT2D eigenvalue weighted by molar-refractivity contribution is 5.91. The summed E-state index contributed by atoms with van der Waals surface area (Å²) in [5, 5.41) is 0. The Bertz CT molecular complexity index is 623. The second-order valence-corrected chi connectivity index (χ2v) is 3.73. The molecular weight excluding hydrogens is 198 g/mol. The fourth-order valence-corrected chi connectivity index (χ4v) is 1.86. The van der Waals surface area contributed by atoms with Crippen molar-refractivity contribution in [2.45, 2.75) is 0 Å². The molecule has 0 atom stereocenters. The van der Waals surface area contributed by atoms with E-state index in [-0.39, 0.29) is 0 Å². The Morgan fingerprint density at radius 1 is 1.00 bits per heavy atom. The number of H-pyrrole nitrogens is 1. The number of hydrogen-bond acceptors (Lipinski definition) is 2. The van der Waals surface area contributed by atoms with Gasteiger partial charge in [0.1, 0.15) is 0 Å². The van der Waals surface area contributed by atoms with E-state index < -0.39 is 0 Å². The van der Waals surface area contributed by atoms with Crippen molar-refractivity contribution in [2.24, 2.45) is 0 Å². The molecule has 0 radical (unpaired) electrons. The normalized spacial score (nSPS) is 10.8. The van der Waals surface area contributed by atoms with Crippen molar-refractivity contribution < 1.29 is 0 Å². The number of anilines is 1. The Labute approximate surface area is 92.9 Å². The first kappa shape index (κ1) is 8.97. The third kappa shape index (κ3) is 1.34. The lowest BCUT2D eigenvalue weighted by Gasteiger charge is -2.02. The van der Waals surface area contributed by atoms with Crippen LogP contribution in [0.4, 0.5) is 5.69 Å². The standard InChI is InChI=1S/C13H11N3/c14-10-6-4-9(5-7-10)11-2-1-3-12-13(11)16-8-15-12/h1-8H,14H2,(H,15,16). The zero-order valence-electron chi connectivity index (χ0n) is 8.64. The second-order valence-electron chi connectivity index (χ2n) is 3.73. The molecule has 2 aromatic carbocycles. The average Bonchev–Trinajstić information content (AvgIpc) is 2.78. The van der Waals surface area contributed by atoms with Crippen LogP contribution in [0.15, 0.2) is 48.8 Å². The van der Waals surface area contributed by atoms with E-state index in [4.69, 9.17) is 5.73 Å². The van der Waals surface area contributed by atoms with Crippen molar-refractivity contribution >= 4 is 16.7 Å². The fraction of sp³-hybridized carbons (Fsp3) is 0. The first-order valence-corrected chi connectivity index (χ1v) is 5.12. The average molecular weight is 209 g/mol. The highest BCUT2D eigenvalue weighted by atomic mass is 14.9. The largest absolute Gasteiger partial charge is 0.399 e. The molecule has 16 heavy (non-hydrogen) atoms. The molecule has 0 aliphatic carbocycles. The van der Waals surface area contributed by atoms with Crippen LogP contribution in [0, 0.1) is 0 Å². The third-order valence-electron chi connectivity index (χ3n) is 2.67. The molecule has 0 amide bonds. The molecule has 0 aliphatic rings. The van der Waals surface area contributed by atoms with Crippen LogP contribution in [0.3, 0.4) is 0 Å². The van der Waals surface area contributed by atoms with Crippen molar-refractivity contribution in [1.82, 2.24) is 9.97 Å². The minimum Gasteiger partial charge on any atom is -0.399 e. The number of para-hydroxylation sites is 1. The Morgan fingerprint density at radius 2 is 1.81 bits per heavy atom. The van der Waals surface area contributed by atoms with Gasteiger partial charge in [0.25, 0.3) is 0 Å². The smallest absolute Gasteiger partial charge is 0.0960 e. The summed E-state index contributed by atoms with van der Waals surface area (Å²) in [6.45, 7) is 0. The predicted molar refractivity (Wildman–Crippen MR) is 65.9 cm³/mol. The van der Waals surface area contributed by atoms with Gasteiger partial charge in [-0.3, -0.25) is 0 Å². The number of nitrogens with two attached hydrogens (primary N) is 1. The van der Waals surface area contributed by atoms with Gasteiger partial charge in [-0.2, -0.15) is 0 Å². The zero-order chi connectivity index (χ0) is 11.0. The van der Waals surface area contributed by atoms with E-state index in [0.29, 0.717) is 0 Å². The minimum atomic E-state index is 0.776. The number of rotatable bonds is 1. The quantitative estimate of drug-likeness (QED) is 0.605. The number of aromatic nitrogens is 2.